The molecule has 1 amide bonds. The Kier molecular flexibility index (Phi) is 6.62. The van der Waals surface area contributed by atoms with Crippen LogP contribution in [0.4, 0.5) is 0 Å². The standard InChI is InChI=1S/C25H38N2O6/c1-14(28)22(23(31)32)26-21(30)13-33-27-16-8-10-24(2)15(12-16)4-5-17-18-6-7-20(29)25(18,3)11-9-19(17)24/h12,14,17-20,22,28-29H,4-11,13H2,1-3H3,(H,26,30)(H,31,32)/t14?,17?,18?,19?,20?,22?,24-,25-/m0/s1. The van der Waals surface area contributed by atoms with E-state index in [1.165, 1.54) is 18.9 Å². The lowest BCUT2D eigenvalue weighted by Crippen LogP contribution is -2.51. The number of rotatable bonds is 6. The molecule has 4 N–H and O–H groups in total. The summed E-state index contributed by atoms with van der Waals surface area (Å²) in [5, 5.41) is 35.5. The Balaban J connectivity index is 1.39. The summed E-state index contributed by atoms with van der Waals surface area (Å²) in [6, 6.07) is -1.38. The maximum Gasteiger partial charge on any atom is 0.328 e. The number of amides is 1. The number of aliphatic hydroxyl groups is 2. The van der Waals surface area contributed by atoms with Crippen LogP contribution in [0.3, 0.4) is 0 Å². The smallest absolute Gasteiger partial charge is 0.328 e. The molecule has 0 aromatic heterocycles. The van der Waals surface area contributed by atoms with Crippen LogP contribution < -0.4 is 5.32 Å². The second-order valence-corrected chi connectivity index (χ2v) is 11.1. The number of carboxylic acids is 1. The van der Waals surface area contributed by atoms with Crippen molar-refractivity contribution in [1.82, 2.24) is 5.32 Å². The Morgan fingerprint density at radius 3 is 2.64 bits per heavy atom. The number of carbonyl (C=O) groups is 2. The molecule has 8 nitrogen and oxygen atoms in total. The van der Waals surface area contributed by atoms with Gasteiger partial charge in [-0.3, -0.25) is 4.79 Å². The Bertz CT molecular complexity index is 854. The van der Waals surface area contributed by atoms with E-state index in [4.69, 9.17) is 9.94 Å². The summed E-state index contributed by atoms with van der Waals surface area (Å²) in [5.74, 6) is 0.00935. The van der Waals surface area contributed by atoms with Crippen molar-refractivity contribution in [3.05, 3.63) is 11.6 Å². The number of hydrogen-bond acceptors (Lipinski definition) is 6. The monoisotopic (exact) mass is 462 g/mol. The van der Waals surface area contributed by atoms with Crippen LogP contribution in [0, 0.1) is 28.6 Å². The molecule has 0 aliphatic heterocycles. The molecule has 8 atom stereocenters. The van der Waals surface area contributed by atoms with Crippen molar-refractivity contribution in [3.8, 4) is 0 Å². The van der Waals surface area contributed by atoms with E-state index in [2.05, 4.69) is 30.4 Å². The van der Waals surface area contributed by atoms with E-state index in [1.54, 1.807) is 0 Å². The van der Waals surface area contributed by atoms with Gasteiger partial charge in [0, 0.05) is 0 Å². The number of allylic oxidation sites excluding steroid dienone is 2. The number of aliphatic carboxylic acids is 1. The van der Waals surface area contributed by atoms with Gasteiger partial charge in [-0.1, -0.05) is 24.6 Å². The van der Waals surface area contributed by atoms with Crippen molar-refractivity contribution in [2.75, 3.05) is 6.61 Å². The van der Waals surface area contributed by atoms with Gasteiger partial charge in [-0.15, -0.1) is 0 Å². The fourth-order valence-electron chi connectivity index (χ4n) is 7.39. The normalized spacial score (nSPS) is 40.6. The predicted molar refractivity (Wildman–Crippen MR) is 122 cm³/mol. The summed E-state index contributed by atoms with van der Waals surface area (Å²) >= 11 is 0. The molecule has 0 bridgehead atoms. The first-order chi connectivity index (χ1) is 15.6. The number of oxime groups is 1. The van der Waals surface area contributed by atoms with Gasteiger partial charge in [0.15, 0.2) is 12.6 Å². The van der Waals surface area contributed by atoms with E-state index in [-0.39, 0.29) is 16.9 Å². The molecule has 8 heteroatoms. The third-order valence-corrected chi connectivity index (χ3v) is 9.37. The van der Waals surface area contributed by atoms with Crippen LogP contribution in [0.2, 0.25) is 0 Å². The van der Waals surface area contributed by atoms with Gasteiger partial charge >= 0.3 is 5.97 Å². The first kappa shape index (κ1) is 24.2. The second-order valence-electron chi connectivity index (χ2n) is 11.1. The highest BCUT2D eigenvalue weighted by atomic mass is 16.6. The first-order valence-electron chi connectivity index (χ1n) is 12.3. The molecule has 0 radical (unpaired) electrons. The second kappa shape index (κ2) is 9.02. The highest BCUT2D eigenvalue weighted by Crippen LogP contribution is 2.65. The number of hydrogen-bond donors (Lipinski definition) is 4. The maximum absolute atomic E-state index is 12.0. The molecule has 184 valence electrons. The molecule has 0 saturated heterocycles. The summed E-state index contributed by atoms with van der Waals surface area (Å²) in [4.78, 5) is 28.3. The third kappa shape index (κ3) is 4.32. The number of carboxylic acid groups (broad SMARTS) is 1. The van der Waals surface area contributed by atoms with Crippen LogP contribution in [0.25, 0.3) is 0 Å². The lowest BCUT2D eigenvalue weighted by atomic mass is 9.47. The summed E-state index contributed by atoms with van der Waals surface area (Å²) in [7, 11) is 0. The van der Waals surface area contributed by atoms with Gasteiger partial charge in [0.25, 0.3) is 5.91 Å². The topological polar surface area (TPSA) is 128 Å². The van der Waals surface area contributed by atoms with E-state index in [9.17, 15) is 19.8 Å². The molecule has 33 heavy (non-hydrogen) atoms. The zero-order chi connectivity index (χ0) is 24.0. The quantitative estimate of drug-likeness (QED) is 0.449. The number of fused-ring (bicyclic) bond motifs is 5. The fraction of sp³-hybridized carbons (Fsp3) is 0.800. The summed E-state index contributed by atoms with van der Waals surface area (Å²) in [6.07, 6.45) is 9.11. The minimum absolute atomic E-state index is 0.0852. The fourth-order valence-corrected chi connectivity index (χ4v) is 7.39. The molecular weight excluding hydrogens is 424 g/mol. The van der Waals surface area contributed by atoms with E-state index in [1.807, 2.05) is 0 Å². The Morgan fingerprint density at radius 1 is 1.18 bits per heavy atom. The van der Waals surface area contributed by atoms with E-state index >= 15 is 0 Å². The van der Waals surface area contributed by atoms with Gasteiger partial charge in [0.2, 0.25) is 0 Å². The number of aliphatic hydroxyl groups excluding tert-OH is 2. The Morgan fingerprint density at radius 2 is 1.94 bits per heavy atom. The minimum Gasteiger partial charge on any atom is -0.480 e. The van der Waals surface area contributed by atoms with Gasteiger partial charge in [0.05, 0.1) is 17.9 Å². The SMILES string of the molecule is CC(O)C(NC(=O)CON=C1C=C2CCC3C4CCC(O)[C@@]4(C)CCC3[C@@]2(C)CC1)C(=O)O. The molecular formula is C25H38N2O6. The van der Waals surface area contributed by atoms with Crippen molar-refractivity contribution >= 4 is 17.6 Å². The largest absolute Gasteiger partial charge is 0.480 e. The van der Waals surface area contributed by atoms with Gasteiger partial charge in [-0.05, 0) is 93.0 Å². The first-order valence-corrected chi connectivity index (χ1v) is 12.3. The lowest BCUT2D eigenvalue weighted by Gasteiger charge is -2.57. The minimum atomic E-state index is -1.38. The van der Waals surface area contributed by atoms with Crippen molar-refractivity contribution < 1.29 is 29.7 Å². The van der Waals surface area contributed by atoms with Gasteiger partial charge < -0.3 is 25.5 Å². The molecule has 3 fully saturated rings. The molecule has 0 spiro atoms. The van der Waals surface area contributed by atoms with Gasteiger partial charge in [-0.2, -0.15) is 0 Å². The van der Waals surface area contributed by atoms with Crippen molar-refractivity contribution in [2.45, 2.75) is 90.4 Å². The average Bonchev–Trinajstić information content (AvgIpc) is 3.06. The molecule has 0 aromatic carbocycles. The van der Waals surface area contributed by atoms with Gasteiger partial charge in [-0.25, -0.2) is 4.79 Å². The van der Waals surface area contributed by atoms with Crippen LogP contribution in [-0.2, 0) is 14.4 Å². The summed E-state index contributed by atoms with van der Waals surface area (Å²) < 4.78 is 0. The molecule has 0 aromatic rings. The average molecular weight is 463 g/mol. The molecule has 4 aliphatic rings. The summed E-state index contributed by atoms with van der Waals surface area (Å²) in [5.41, 5.74) is 2.47. The number of nitrogens with zero attached hydrogens (tertiary/aromatic N) is 1. The maximum atomic E-state index is 12.0. The number of carbonyl (C=O) groups excluding carboxylic acids is 1. The highest BCUT2D eigenvalue weighted by Gasteiger charge is 2.58. The van der Waals surface area contributed by atoms with Crippen molar-refractivity contribution in [3.63, 3.8) is 0 Å². The zero-order valence-corrected chi connectivity index (χ0v) is 19.9. The van der Waals surface area contributed by atoms with Crippen LogP contribution >= 0.6 is 0 Å². The number of nitrogens with one attached hydrogen (secondary N) is 1. The molecule has 0 heterocycles. The van der Waals surface area contributed by atoms with Crippen molar-refractivity contribution in [2.24, 2.45) is 33.7 Å². The van der Waals surface area contributed by atoms with Crippen LogP contribution in [-0.4, -0.2) is 57.8 Å². The van der Waals surface area contributed by atoms with Crippen LogP contribution in [0.15, 0.2) is 16.8 Å². The Labute approximate surface area is 195 Å². The van der Waals surface area contributed by atoms with Crippen LogP contribution in [0.1, 0.15) is 72.1 Å². The van der Waals surface area contributed by atoms with E-state index in [0.29, 0.717) is 17.8 Å². The lowest BCUT2D eigenvalue weighted by molar-refractivity contribution is -0.145. The summed E-state index contributed by atoms with van der Waals surface area (Å²) in [6.45, 7) is 5.62. The molecule has 6 unspecified atom stereocenters. The van der Waals surface area contributed by atoms with E-state index in [0.717, 1.165) is 50.7 Å². The van der Waals surface area contributed by atoms with Crippen LogP contribution in [0.5, 0.6) is 0 Å². The molecule has 4 aliphatic carbocycles. The van der Waals surface area contributed by atoms with E-state index < -0.39 is 30.6 Å². The highest BCUT2D eigenvalue weighted by molar-refractivity contribution is 5.96. The van der Waals surface area contributed by atoms with Gasteiger partial charge in [0.1, 0.15) is 0 Å². The molecule has 3 saturated carbocycles. The van der Waals surface area contributed by atoms with Crippen molar-refractivity contribution in [1.29, 1.82) is 0 Å². The zero-order valence-electron chi connectivity index (χ0n) is 19.9. The molecule has 4 rings (SSSR count). The third-order valence-electron chi connectivity index (χ3n) is 9.37. The predicted octanol–water partition coefficient (Wildman–Crippen LogP) is 2.63. The Hall–Kier alpha value is -1.93.